The van der Waals surface area contributed by atoms with Crippen LogP contribution in [0.1, 0.15) is 24.9 Å². The summed E-state index contributed by atoms with van der Waals surface area (Å²) in [6.07, 6.45) is 1.74. The van der Waals surface area contributed by atoms with E-state index in [1.807, 2.05) is 0 Å². The van der Waals surface area contributed by atoms with Crippen molar-refractivity contribution in [3.63, 3.8) is 0 Å². The molecule has 0 bridgehead atoms. The maximum absolute atomic E-state index is 12.4. The lowest BCUT2D eigenvalue weighted by molar-refractivity contribution is -0.120. The molecule has 26 heavy (non-hydrogen) atoms. The minimum absolute atomic E-state index is 0.0962. The first-order chi connectivity index (χ1) is 12.5. The Labute approximate surface area is 158 Å². The van der Waals surface area contributed by atoms with Crippen molar-refractivity contribution in [1.29, 1.82) is 0 Å². The highest BCUT2D eigenvalue weighted by Crippen LogP contribution is 2.22. The van der Waals surface area contributed by atoms with E-state index in [0.717, 1.165) is 5.56 Å². The van der Waals surface area contributed by atoms with Crippen LogP contribution in [0.25, 0.3) is 0 Å². The molecule has 2 rings (SSSR count). The van der Waals surface area contributed by atoms with Gasteiger partial charge in [-0.3, -0.25) is 9.59 Å². The van der Waals surface area contributed by atoms with Gasteiger partial charge in [-0.15, -0.1) is 0 Å². The van der Waals surface area contributed by atoms with Gasteiger partial charge >= 0.3 is 0 Å². The number of rotatable bonds is 8. The van der Waals surface area contributed by atoms with Crippen molar-refractivity contribution in [3.05, 3.63) is 71.8 Å². The number of hydrogen-bond acceptors (Lipinski definition) is 3. The van der Waals surface area contributed by atoms with Crippen LogP contribution >= 0.6 is 11.6 Å². The van der Waals surface area contributed by atoms with Gasteiger partial charge in [-0.2, -0.15) is 0 Å². The highest BCUT2D eigenvalue weighted by Gasteiger charge is 2.17. The van der Waals surface area contributed by atoms with Gasteiger partial charge in [0.25, 0.3) is 0 Å². The fourth-order valence-electron chi connectivity index (χ4n) is 2.41. The summed E-state index contributed by atoms with van der Waals surface area (Å²) in [5, 5.41) is 6.21. The van der Waals surface area contributed by atoms with E-state index in [1.165, 1.54) is 6.92 Å². The van der Waals surface area contributed by atoms with Gasteiger partial charge < -0.3 is 15.4 Å². The van der Waals surface area contributed by atoms with Gasteiger partial charge in [0.15, 0.2) is 0 Å². The van der Waals surface area contributed by atoms with Crippen LogP contribution in [0.15, 0.2) is 61.2 Å². The number of carbonyl (C=O) groups is 2. The molecule has 0 aliphatic carbocycles. The van der Waals surface area contributed by atoms with Crippen molar-refractivity contribution in [2.75, 3.05) is 11.9 Å². The fourth-order valence-corrected chi connectivity index (χ4v) is 2.53. The number of ether oxygens (including phenoxy) is 1. The molecule has 2 amide bonds. The van der Waals surface area contributed by atoms with Gasteiger partial charge in [-0.1, -0.05) is 42.5 Å². The molecule has 5 nitrogen and oxygen atoms in total. The molecule has 0 fully saturated rings. The zero-order valence-corrected chi connectivity index (χ0v) is 15.3. The summed E-state index contributed by atoms with van der Waals surface area (Å²) < 4.78 is 5.45. The van der Waals surface area contributed by atoms with Gasteiger partial charge in [0.2, 0.25) is 11.8 Å². The molecule has 6 heteroatoms. The average Bonchev–Trinajstić information content (AvgIpc) is 2.60. The second-order valence-corrected chi connectivity index (χ2v) is 6.12. The Bertz CT molecular complexity index is 775. The molecule has 2 N–H and O–H groups in total. The van der Waals surface area contributed by atoms with Crippen LogP contribution < -0.4 is 15.4 Å². The molecular weight excluding hydrogens is 352 g/mol. The predicted octanol–water partition coefficient (Wildman–Crippen LogP) is 4.11. The third kappa shape index (κ3) is 6.26. The number of hydrogen-bond donors (Lipinski definition) is 2. The molecule has 136 valence electrons. The number of carbonyl (C=O) groups excluding carboxylic acids is 2. The van der Waals surface area contributed by atoms with Crippen LogP contribution in [0.4, 0.5) is 5.69 Å². The molecule has 0 radical (unpaired) electrons. The molecule has 0 saturated heterocycles. The molecule has 1 atom stereocenters. The van der Waals surface area contributed by atoms with Gasteiger partial charge in [-0.05, 0) is 29.8 Å². The highest BCUT2D eigenvalue weighted by molar-refractivity contribution is 6.30. The molecule has 0 spiro atoms. The first-order valence-corrected chi connectivity index (χ1v) is 8.52. The van der Waals surface area contributed by atoms with Crippen molar-refractivity contribution >= 4 is 29.1 Å². The molecule has 2 aromatic carbocycles. The van der Waals surface area contributed by atoms with Crippen molar-refractivity contribution in [2.24, 2.45) is 0 Å². The van der Waals surface area contributed by atoms with Gasteiger partial charge in [0, 0.05) is 23.7 Å². The normalized spacial score (nSPS) is 11.3. The van der Waals surface area contributed by atoms with Crippen molar-refractivity contribution < 1.29 is 14.3 Å². The Balaban J connectivity index is 2.05. The molecule has 0 heterocycles. The van der Waals surface area contributed by atoms with Crippen LogP contribution in [0.5, 0.6) is 5.75 Å². The van der Waals surface area contributed by atoms with Gasteiger partial charge in [0.1, 0.15) is 12.4 Å². The second-order valence-electron chi connectivity index (χ2n) is 5.68. The summed E-state index contributed by atoms with van der Waals surface area (Å²) in [6, 6.07) is 13.7. The van der Waals surface area contributed by atoms with Gasteiger partial charge in [0.05, 0.1) is 12.5 Å². The van der Waals surface area contributed by atoms with E-state index in [2.05, 4.69) is 17.2 Å². The molecule has 1 unspecified atom stereocenters. The summed E-state index contributed by atoms with van der Waals surface area (Å²) >= 11 is 5.90. The lowest BCUT2D eigenvalue weighted by Crippen LogP contribution is -2.29. The monoisotopic (exact) mass is 372 g/mol. The van der Waals surface area contributed by atoms with Crippen LogP contribution in [-0.4, -0.2) is 18.4 Å². The SMILES string of the molecule is C=CCOc1cccc(NC(=O)CC(NC(C)=O)c2ccc(Cl)cc2)c1. The second kappa shape index (κ2) is 9.63. The number of halogens is 1. The van der Waals surface area contributed by atoms with Crippen LogP contribution in [0.2, 0.25) is 5.02 Å². The van der Waals surface area contributed by atoms with E-state index >= 15 is 0 Å². The Morgan fingerprint density at radius 1 is 1.23 bits per heavy atom. The van der Waals surface area contributed by atoms with E-state index in [9.17, 15) is 9.59 Å². The van der Waals surface area contributed by atoms with Crippen LogP contribution in [0, 0.1) is 0 Å². The first kappa shape index (κ1) is 19.5. The first-order valence-electron chi connectivity index (χ1n) is 8.14. The maximum atomic E-state index is 12.4. The lowest BCUT2D eigenvalue weighted by atomic mass is 10.0. The summed E-state index contributed by atoms with van der Waals surface area (Å²) in [6.45, 7) is 5.40. The third-order valence-electron chi connectivity index (χ3n) is 3.53. The van der Waals surface area contributed by atoms with Gasteiger partial charge in [-0.25, -0.2) is 0 Å². The summed E-state index contributed by atoms with van der Waals surface area (Å²) in [4.78, 5) is 23.9. The van der Waals surface area contributed by atoms with Crippen molar-refractivity contribution in [2.45, 2.75) is 19.4 Å². The smallest absolute Gasteiger partial charge is 0.226 e. The maximum Gasteiger partial charge on any atom is 0.226 e. The zero-order valence-electron chi connectivity index (χ0n) is 14.5. The Kier molecular flexibility index (Phi) is 7.24. The number of amides is 2. The minimum atomic E-state index is -0.440. The Morgan fingerprint density at radius 2 is 1.96 bits per heavy atom. The number of anilines is 1. The number of benzene rings is 2. The molecule has 2 aromatic rings. The third-order valence-corrected chi connectivity index (χ3v) is 3.78. The molecule has 0 aliphatic heterocycles. The largest absolute Gasteiger partial charge is 0.489 e. The van der Waals surface area contributed by atoms with Crippen molar-refractivity contribution in [3.8, 4) is 5.75 Å². The fraction of sp³-hybridized carbons (Fsp3) is 0.200. The highest BCUT2D eigenvalue weighted by atomic mass is 35.5. The van der Waals surface area contributed by atoms with E-state index < -0.39 is 6.04 Å². The minimum Gasteiger partial charge on any atom is -0.489 e. The topological polar surface area (TPSA) is 67.4 Å². The average molecular weight is 373 g/mol. The molecule has 0 aliphatic rings. The summed E-state index contributed by atoms with van der Waals surface area (Å²) in [5.74, 6) is 0.205. The van der Waals surface area contributed by atoms with E-state index in [4.69, 9.17) is 16.3 Å². The zero-order chi connectivity index (χ0) is 18.9. The summed E-state index contributed by atoms with van der Waals surface area (Å²) in [5.41, 5.74) is 1.43. The standard InChI is InChI=1S/C20H21ClN2O3/c1-3-11-26-18-6-4-5-17(12-18)23-20(25)13-19(22-14(2)24)15-7-9-16(21)10-8-15/h3-10,12,19H,1,11,13H2,2H3,(H,22,24)(H,23,25). The summed E-state index contributed by atoms with van der Waals surface area (Å²) in [7, 11) is 0. The Morgan fingerprint density at radius 3 is 2.62 bits per heavy atom. The van der Waals surface area contributed by atoms with Crippen molar-refractivity contribution in [1.82, 2.24) is 5.32 Å². The van der Waals surface area contributed by atoms with Crippen LogP contribution in [0.3, 0.4) is 0 Å². The predicted molar refractivity (Wildman–Crippen MR) is 103 cm³/mol. The number of nitrogens with one attached hydrogen (secondary N) is 2. The Hall–Kier alpha value is -2.79. The van der Waals surface area contributed by atoms with E-state index in [1.54, 1.807) is 54.6 Å². The quantitative estimate of drug-likeness (QED) is 0.685. The van der Waals surface area contributed by atoms with E-state index in [0.29, 0.717) is 23.1 Å². The lowest BCUT2D eigenvalue weighted by Gasteiger charge is -2.18. The molecule has 0 aromatic heterocycles. The molecule has 0 saturated carbocycles. The van der Waals surface area contributed by atoms with E-state index in [-0.39, 0.29) is 18.2 Å². The van der Waals surface area contributed by atoms with Crippen LogP contribution in [-0.2, 0) is 9.59 Å². The molecular formula is C20H21ClN2O3.